The van der Waals surface area contributed by atoms with Gasteiger partial charge >= 0.3 is 0 Å². The molecule has 3 aromatic carbocycles. The van der Waals surface area contributed by atoms with Crippen LogP contribution in [0.15, 0.2) is 78.9 Å². The van der Waals surface area contributed by atoms with Gasteiger partial charge in [-0.15, -0.1) is 0 Å². The minimum Gasteiger partial charge on any atom is -0.872 e. The fourth-order valence-corrected chi connectivity index (χ4v) is 4.87. The van der Waals surface area contributed by atoms with E-state index in [1.165, 1.54) is 82.0 Å². The minimum absolute atomic E-state index is 0.0832. The highest BCUT2D eigenvalue weighted by molar-refractivity contribution is 5.81. The summed E-state index contributed by atoms with van der Waals surface area (Å²) in [6.07, 6.45) is 11.1. The molecule has 3 rings (SSSR count). The van der Waals surface area contributed by atoms with Gasteiger partial charge in [0.2, 0.25) is 0 Å². The summed E-state index contributed by atoms with van der Waals surface area (Å²) >= 11 is 0. The van der Waals surface area contributed by atoms with Gasteiger partial charge in [-0.25, -0.2) is 0 Å². The molecule has 0 fully saturated rings. The molecule has 0 saturated heterocycles. The van der Waals surface area contributed by atoms with Crippen LogP contribution in [0.3, 0.4) is 0 Å². The molecule has 0 saturated carbocycles. The molecule has 0 unspecified atom stereocenters. The number of benzene rings is 3. The summed E-state index contributed by atoms with van der Waals surface area (Å²) in [5.74, 6) is 0.0832. The van der Waals surface area contributed by atoms with Crippen molar-refractivity contribution >= 4 is 0 Å². The van der Waals surface area contributed by atoms with Crippen molar-refractivity contribution in [2.24, 2.45) is 0 Å². The van der Waals surface area contributed by atoms with Gasteiger partial charge in [0.25, 0.3) is 0 Å². The molecule has 0 spiro atoms. The fourth-order valence-electron chi connectivity index (χ4n) is 4.87. The van der Waals surface area contributed by atoms with E-state index in [9.17, 15) is 5.11 Å². The Morgan fingerprint density at radius 2 is 0.806 bits per heavy atom. The van der Waals surface area contributed by atoms with Gasteiger partial charge in [-0.3, -0.25) is 0 Å². The Morgan fingerprint density at radius 3 is 1.11 bits per heavy atom. The first kappa shape index (κ1) is 29.6. The highest BCUT2D eigenvalue weighted by Crippen LogP contribution is 2.35. The second-order valence-electron chi connectivity index (χ2n) is 10.1. The predicted molar refractivity (Wildman–Crippen MR) is 156 cm³/mol. The maximum absolute atomic E-state index is 12.6. The van der Waals surface area contributed by atoms with Crippen LogP contribution in [-0.4, -0.2) is 30.7 Å². The Hall–Kier alpha value is -2.58. The second-order valence-corrected chi connectivity index (χ2v) is 10.1. The Balaban J connectivity index is 0.000000256. The van der Waals surface area contributed by atoms with E-state index in [-0.39, 0.29) is 5.75 Å². The van der Waals surface area contributed by atoms with Gasteiger partial charge in [0.1, 0.15) is 0 Å². The Kier molecular flexibility index (Phi) is 14.0. The summed E-state index contributed by atoms with van der Waals surface area (Å²) in [6.45, 7) is 15.0. The van der Waals surface area contributed by atoms with Gasteiger partial charge in [-0.05, 0) is 47.9 Å². The summed E-state index contributed by atoms with van der Waals surface area (Å²) in [5, 5.41) is 12.6. The average Bonchev–Trinajstić information content (AvgIpc) is 2.94. The van der Waals surface area contributed by atoms with Crippen LogP contribution in [0, 0.1) is 0 Å². The van der Waals surface area contributed by atoms with Crippen molar-refractivity contribution < 1.29 is 9.59 Å². The first-order valence-electron chi connectivity index (χ1n) is 14.4. The molecule has 0 radical (unpaired) electrons. The molecule has 0 bridgehead atoms. The molecule has 0 amide bonds. The highest BCUT2D eigenvalue weighted by atomic mass is 16.3. The number of quaternary nitrogens is 1. The summed E-state index contributed by atoms with van der Waals surface area (Å²) in [4.78, 5) is 0. The third-order valence-corrected chi connectivity index (χ3v) is 7.13. The van der Waals surface area contributed by atoms with E-state index in [1.54, 1.807) is 0 Å². The smallest absolute Gasteiger partial charge is 0.0786 e. The third-order valence-electron chi connectivity index (χ3n) is 7.13. The van der Waals surface area contributed by atoms with Crippen LogP contribution in [0.1, 0.15) is 79.1 Å². The standard InChI is InChI=1S/C18H14O.C16H36N/c19-18-16(14-8-3-1-4-9-14)12-7-13-17(18)15-10-5-2-6-11-15;1-5-9-13-17(14-10-6-2,15-11-7-3)16-12-8-4/h1-13,19H;5-16H2,1-4H3/q;+1/p-1. The van der Waals surface area contributed by atoms with Gasteiger partial charge in [0.05, 0.1) is 26.2 Å². The zero-order valence-electron chi connectivity index (χ0n) is 23.3. The molecule has 0 aliphatic rings. The van der Waals surface area contributed by atoms with Crippen LogP contribution in [0.4, 0.5) is 0 Å². The van der Waals surface area contributed by atoms with Crippen molar-refractivity contribution in [3.05, 3.63) is 78.9 Å². The summed E-state index contributed by atoms with van der Waals surface area (Å²) in [6, 6.07) is 25.3. The van der Waals surface area contributed by atoms with E-state index in [2.05, 4.69) is 27.7 Å². The zero-order chi connectivity index (χ0) is 26.1. The largest absolute Gasteiger partial charge is 0.872 e. The number of nitrogens with zero attached hydrogens (tertiary/aromatic N) is 1. The van der Waals surface area contributed by atoms with Crippen LogP contribution >= 0.6 is 0 Å². The fraction of sp³-hybridized carbons (Fsp3) is 0.471. The molecular weight excluding hydrogens is 438 g/mol. The first-order valence-corrected chi connectivity index (χ1v) is 14.4. The molecule has 0 N–H and O–H groups in total. The highest BCUT2D eigenvalue weighted by Gasteiger charge is 2.24. The average molecular weight is 488 g/mol. The molecule has 36 heavy (non-hydrogen) atoms. The number of para-hydroxylation sites is 1. The number of rotatable bonds is 14. The van der Waals surface area contributed by atoms with E-state index in [4.69, 9.17) is 0 Å². The second kappa shape index (κ2) is 17.0. The van der Waals surface area contributed by atoms with Crippen molar-refractivity contribution in [3.63, 3.8) is 0 Å². The van der Waals surface area contributed by atoms with Gasteiger partial charge in [0.15, 0.2) is 0 Å². The summed E-state index contributed by atoms with van der Waals surface area (Å²) in [5.41, 5.74) is 3.43. The van der Waals surface area contributed by atoms with Crippen LogP contribution < -0.4 is 5.11 Å². The number of unbranched alkanes of at least 4 members (excludes halogenated alkanes) is 4. The van der Waals surface area contributed by atoms with Crippen molar-refractivity contribution in [3.8, 4) is 28.0 Å². The van der Waals surface area contributed by atoms with Gasteiger partial charge in [0, 0.05) is 0 Å². The zero-order valence-corrected chi connectivity index (χ0v) is 23.3. The maximum atomic E-state index is 12.6. The lowest BCUT2D eigenvalue weighted by Crippen LogP contribution is -2.50. The van der Waals surface area contributed by atoms with E-state index >= 15 is 0 Å². The first-order chi connectivity index (χ1) is 17.6. The van der Waals surface area contributed by atoms with E-state index < -0.39 is 0 Å². The third kappa shape index (κ3) is 9.47. The number of hydrogen-bond donors (Lipinski definition) is 0. The van der Waals surface area contributed by atoms with Crippen molar-refractivity contribution in [2.45, 2.75) is 79.1 Å². The monoisotopic (exact) mass is 487 g/mol. The molecule has 0 aromatic heterocycles. The molecule has 2 nitrogen and oxygen atoms in total. The quantitative estimate of drug-likeness (QED) is 0.208. The van der Waals surface area contributed by atoms with E-state index in [0.717, 1.165) is 22.3 Å². The predicted octanol–water partition coefficient (Wildman–Crippen LogP) is 9.10. The number of hydrogen-bond acceptors (Lipinski definition) is 1. The van der Waals surface area contributed by atoms with Crippen LogP contribution in [0.2, 0.25) is 0 Å². The Labute approximate surface area is 221 Å². The van der Waals surface area contributed by atoms with Crippen molar-refractivity contribution in [1.82, 2.24) is 0 Å². The normalized spacial score (nSPS) is 11.1. The van der Waals surface area contributed by atoms with Crippen LogP contribution in [0.5, 0.6) is 5.75 Å². The van der Waals surface area contributed by atoms with Crippen molar-refractivity contribution in [1.29, 1.82) is 0 Å². The minimum atomic E-state index is 0.0832. The van der Waals surface area contributed by atoms with E-state index in [0.29, 0.717) is 0 Å². The van der Waals surface area contributed by atoms with Gasteiger partial charge < -0.3 is 9.59 Å². The molecular formula is C34H49NO. The topological polar surface area (TPSA) is 23.1 Å². The van der Waals surface area contributed by atoms with Crippen LogP contribution in [-0.2, 0) is 0 Å². The molecule has 0 aliphatic heterocycles. The summed E-state index contributed by atoms with van der Waals surface area (Å²) in [7, 11) is 0. The molecule has 2 heteroatoms. The van der Waals surface area contributed by atoms with Crippen molar-refractivity contribution in [2.75, 3.05) is 26.2 Å². The van der Waals surface area contributed by atoms with Crippen LogP contribution in [0.25, 0.3) is 22.3 Å². The summed E-state index contributed by atoms with van der Waals surface area (Å²) < 4.78 is 1.42. The lowest BCUT2D eigenvalue weighted by molar-refractivity contribution is -0.929. The molecule has 0 atom stereocenters. The molecule has 0 heterocycles. The maximum Gasteiger partial charge on any atom is 0.0786 e. The van der Waals surface area contributed by atoms with Gasteiger partial charge in [-0.2, -0.15) is 0 Å². The molecule has 196 valence electrons. The lowest BCUT2D eigenvalue weighted by atomic mass is 9.97. The molecule has 0 aliphatic carbocycles. The SMILES string of the molecule is CCCC[N+](CCCC)(CCCC)CCCC.[O-]c1c(-c2ccccc2)cccc1-c1ccccc1. The Bertz CT molecular complexity index is 856. The lowest BCUT2D eigenvalue weighted by Gasteiger charge is -2.39. The van der Waals surface area contributed by atoms with E-state index in [1.807, 2.05) is 78.9 Å². The Morgan fingerprint density at radius 1 is 0.472 bits per heavy atom. The van der Waals surface area contributed by atoms with Gasteiger partial charge in [-0.1, -0.05) is 138 Å². The molecule has 3 aromatic rings.